The number of nitrogen functional groups attached to an aromatic ring is 1. The Morgan fingerprint density at radius 1 is 1.44 bits per heavy atom. The molecule has 0 saturated heterocycles. The van der Waals surface area contributed by atoms with E-state index in [9.17, 15) is 26.7 Å². The summed E-state index contributed by atoms with van der Waals surface area (Å²) in [6.45, 7) is 0. The number of hydrogen-bond donors (Lipinski definition) is 2. The number of aliphatic carboxylic acids is 1. The minimum absolute atomic E-state index is 0.540. The topological polar surface area (TPSA) is 76.2 Å². The first kappa shape index (κ1) is 14.1. The fourth-order valence-electron chi connectivity index (χ4n) is 1.44. The van der Waals surface area contributed by atoms with E-state index >= 15 is 0 Å². The van der Waals surface area contributed by atoms with Crippen molar-refractivity contribution in [3.63, 3.8) is 0 Å². The van der Waals surface area contributed by atoms with E-state index in [0.29, 0.717) is 6.20 Å². The molecular formula is C9H7F5N2O2. The van der Waals surface area contributed by atoms with Gasteiger partial charge >= 0.3 is 12.1 Å². The standard InChI is InChI=1S/C9H7F5N2O2/c10-7(11)5-6(9(12,13)14)3(1-4(17)18)2-16-8(5)15/h2,7H,1H2,(H2,15,16)(H,17,18). The normalized spacial score (nSPS) is 11.9. The first-order valence-electron chi connectivity index (χ1n) is 4.49. The molecule has 0 bridgehead atoms. The summed E-state index contributed by atoms with van der Waals surface area (Å²) in [5.41, 5.74) is 0.918. The van der Waals surface area contributed by atoms with Crippen molar-refractivity contribution in [2.75, 3.05) is 5.73 Å². The van der Waals surface area contributed by atoms with Gasteiger partial charge < -0.3 is 10.8 Å². The Morgan fingerprint density at radius 2 is 2.00 bits per heavy atom. The third-order valence-electron chi connectivity index (χ3n) is 2.07. The first-order chi connectivity index (χ1) is 8.14. The lowest BCUT2D eigenvalue weighted by Gasteiger charge is -2.17. The fraction of sp³-hybridized carbons (Fsp3) is 0.333. The van der Waals surface area contributed by atoms with Crippen molar-refractivity contribution in [1.29, 1.82) is 0 Å². The summed E-state index contributed by atoms with van der Waals surface area (Å²) in [6, 6.07) is 0. The molecule has 0 spiro atoms. The van der Waals surface area contributed by atoms with Crippen LogP contribution in [-0.4, -0.2) is 16.1 Å². The van der Waals surface area contributed by atoms with Crippen LogP contribution in [0.5, 0.6) is 0 Å². The van der Waals surface area contributed by atoms with E-state index in [1.165, 1.54) is 0 Å². The Labute approximate surface area is 97.2 Å². The molecule has 0 atom stereocenters. The van der Waals surface area contributed by atoms with Gasteiger partial charge in [0.05, 0.1) is 17.5 Å². The molecule has 100 valence electrons. The summed E-state index contributed by atoms with van der Waals surface area (Å²) in [7, 11) is 0. The predicted molar refractivity (Wildman–Crippen MR) is 49.9 cm³/mol. The van der Waals surface area contributed by atoms with Gasteiger partial charge in [-0.25, -0.2) is 13.8 Å². The average Bonchev–Trinajstić information content (AvgIpc) is 2.17. The number of nitrogens with two attached hydrogens (primary N) is 1. The Morgan fingerprint density at radius 3 is 2.39 bits per heavy atom. The molecule has 0 saturated carbocycles. The maximum Gasteiger partial charge on any atom is 0.417 e. The zero-order valence-electron chi connectivity index (χ0n) is 8.63. The van der Waals surface area contributed by atoms with Crippen molar-refractivity contribution in [3.05, 3.63) is 22.9 Å². The van der Waals surface area contributed by atoms with Gasteiger partial charge in [0.2, 0.25) is 0 Å². The largest absolute Gasteiger partial charge is 0.481 e. The highest BCUT2D eigenvalue weighted by molar-refractivity contribution is 5.71. The minimum Gasteiger partial charge on any atom is -0.481 e. The molecule has 1 aromatic rings. The second kappa shape index (κ2) is 4.75. The number of carbonyl (C=O) groups is 1. The smallest absolute Gasteiger partial charge is 0.417 e. The molecule has 0 aliphatic heterocycles. The summed E-state index contributed by atoms with van der Waals surface area (Å²) in [4.78, 5) is 13.6. The van der Waals surface area contributed by atoms with Gasteiger partial charge in [0, 0.05) is 6.20 Å². The number of aromatic nitrogens is 1. The molecule has 0 aromatic carbocycles. The van der Waals surface area contributed by atoms with Gasteiger partial charge in [0.15, 0.2) is 0 Å². The summed E-state index contributed by atoms with van der Waals surface area (Å²) >= 11 is 0. The van der Waals surface area contributed by atoms with Crippen molar-refractivity contribution in [3.8, 4) is 0 Å². The van der Waals surface area contributed by atoms with Crippen molar-refractivity contribution < 1.29 is 31.9 Å². The fourth-order valence-corrected chi connectivity index (χ4v) is 1.44. The van der Waals surface area contributed by atoms with Crippen molar-refractivity contribution in [1.82, 2.24) is 4.98 Å². The van der Waals surface area contributed by atoms with E-state index < -0.39 is 47.5 Å². The van der Waals surface area contributed by atoms with Crippen molar-refractivity contribution >= 4 is 11.8 Å². The van der Waals surface area contributed by atoms with E-state index in [-0.39, 0.29) is 0 Å². The Hall–Kier alpha value is -1.93. The molecule has 0 radical (unpaired) electrons. The SMILES string of the molecule is Nc1ncc(CC(=O)O)c(C(F)(F)F)c1C(F)F. The minimum atomic E-state index is -5.13. The lowest BCUT2D eigenvalue weighted by atomic mass is 10.0. The molecule has 1 heterocycles. The third-order valence-corrected chi connectivity index (χ3v) is 2.07. The van der Waals surface area contributed by atoms with Crippen molar-refractivity contribution in [2.24, 2.45) is 0 Å². The van der Waals surface area contributed by atoms with Gasteiger partial charge in [-0.05, 0) is 5.56 Å². The van der Waals surface area contributed by atoms with Crippen LogP contribution < -0.4 is 5.73 Å². The molecule has 0 unspecified atom stereocenters. The van der Waals surface area contributed by atoms with Crippen LogP contribution in [0, 0.1) is 0 Å². The van der Waals surface area contributed by atoms with Crippen LogP contribution in [0.15, 0.2) is 6.20 Å². The molecule has 1 rings (SSSR count). The van der Waals surface area contributed by atoms with Gasteiger partial charge in [-0.2, -0.15) is 13.2 Å². The highest BCUT2D eigenvalue weighted by atomic mass is 19.4. The van der Waals surface area contributed by atoms with Gasteiger partial charge in [-0.3, -0.25) is 4.79 Å². The van der Waals surface area contributed by atoms with Gasteiger partial charge in [0.1, 0.15) is 5.82 Å². The average molecular weight is 270 g/mol. The second-order valence-corrected chi connectivity index (χ2v) is 3.33. The Balaban J connectivity index is 3.54. The highest BCUT2D eigenvalue weighted by Gasteiger charge is 2.40. The molecule has 0 fully saturated rings. The second-order valence-electron chi connectivity index (χ2n) is 3.33. The maximum absolute atomic E-state index is 12.7. The zero-order chi connectivity index (χ0) is 14.1. The van der Waals surface area contributed by atoms with Crippen LogP contribution in [0.4, 0.5) is 27.8 Å². The van der Waals surface area contributed by atoms with E-state index in [2.05, 4.69) is 4.98 Å². The van der Waals surface area contributed by atoms with E-state index in [1.807, 2.05) is 0 Å². The Bertz CT molecular complexity index is 473. The molecule has 9 heteroatoms. The number of carboxylic acid groups (broad SMARTS) is 1. The van der Waals surface area contributed by atoms with Crippen LogP contribution in [0.1, 0.15) is 23.1 Å². The van der Waals surface area contributed by atoms with Gasteiger partial charge in [-0.1, -0.05) is 0 Å². The summed E-state index contributed by atoms with van der Waals surface area (Å²) in [6.07, 6.45) is -9.16. The molecular weight excluding hydrogens is 263 g/mol. The van der Waals surface area contributed by atoms with Crippen LogP contribution in [-0.2, 0) is 17.4 Å². The monoisotopic (exact) mass is 270 g/mol. The number of carboxylic acids is 1. The number of anilines is 1. The number of alkyl halides is 5. The highest BCUT2D eigenvalue weighted by Crippen LogP contribution is 2.40. The zero-order valence-corrected chi connectivity index (χ0v) is 8.63. The van der Waals surface area contributed by atoms with E-state index in [1.54, 1.807) is 0 Å². The molecule has 0 aliphatic carbocycles. The van der Waals surface area contributed by atoms with Gasteiger partial charge in [0.25, 0.3) is 6.43 Å². The number of halogens is 5. The summed E-state index contributed by atoms with van der Waals surface area (Å²) < 4.78 is 63.2. The van der Waals surface area contributed by atoms with E-state index in [4.69, 9.17) is 10.8 Å². The van der Waals surface area contributed by atoms with E-state index in [0.717, 1.165) is 0 Å². The quantitative estimate of drug-likeness (QED) is 0.826. The Kier molecular flexibility index (Phi) is 3.73. The van der Waals surface area contributed by atoms with Crippen LogP contribution in [0.25, 0.3) is 0 Å². The lowest BCUT2D eigenvalue weighted by molar-refractivity contribution is -0.141. The van der Waals surface area contributed by atoms with Crippen LogP contribution in [0.2, 0.25) is 0 Å². The van der Waals surface area contributed by atoms with Crippen LogP contribution >= 0.6 is 0 Å². The molecule has 0 amide bonds. The molecule has 1 aromatic heterocycles. The summed E-state index contributed by atoms with van der Waals surface area (Å²) in [5.74, 6) is -2.56. The first-order valence-corrected chi connectivity index (χ1v) is 4.49. The number of pyridine rings is 1. The summed E-state index contributed by atoms with van der Waals surface area (Å²) in [5, 5.41) is 8.44. The maximum atomic E-state index is 12.7. The molecule has 18 heavy (non-hydrogen) atoms. The molecule has 4 nitrogen and oxygen atoms in total. The number of rotatable bonds is 3. The van der Waals surface area contributed by atoms with Crippen molar-refractivity contribution in [2.45, 2.75) is 19.0 Å². The third kappa shape index (κ3) is 2.84. The number of nitrogens with zero attached hydrogens (tertiary/aromatic N) is 1. The van der Waals surface area contributed by atoms with Crippen LogP contribution in [0.3, 0.4) is 0 Å². The van der Waals surface area contributed by atoms with Gasteiger partial charge in [-0.15, -0.1) is 0 Å². The lowest BCUT2D eigenvalue weighted by Crippen LogP contribution is -2.18. The predicted octanol–water partition coefficient (Wildman–Crippen LogP) is 2.25. The molecule has 0 aliphatic rings. The molecule has 3 N–H and O–H groups in total. The number of hydrogen-bond acceptors (Lipinski definition) is 3.